The SMILES string of the molecule is CC(C)CCCC[C@H]1CCC2C3CC=C4C[C@@H](OC/C=N/c5ccc(O)c6ncccc56)CCC4(C)C3CCC21C. The molecule has 7 atom stereocenters. The van der Waals surface area contributed by atoms with Gasteiger partial charge in [0.25, 0.3) is 0 Å². The molecule has 0 saturated heterocycles. The van der Waals surface area contributed by atoms with Gasteiger partial charge in [-0.1, -0.05) is 58.6 Å². The van der Waals surface area contributed by atoms with E-state index in [1.807, 2.05) is 24.4 Å². The minimum Gasteiger partial charge on any atom is -0.506 e. The second-order valence-electron chi connectivity index (χ2n) is 14.8. The average molecular weight is 557 g/mol. The number of aromatic hydroxyl groups is 1. The first kappa shape index (κ1) is 28.9. The summed E-state index contributed by atoms with van der Waals surface area (Å²) < 4.78 is 6.38. The van der Waals surface area contributed by atoms with Crippen LogP contribution in [0.5, 0.6) is 5.75 Å². The lowest BCUT2D eigenvalue weighted by Gasteiger charge is -2.58. The molecule has 4 aliphatic rings. The van der Waals surface area contributed by atoms with E-state index in [-0.39, 0.29) is 11.9 Å². The van der Waals surface area contributed by atoms with E-state index >= 15 is 0 Å². The zero-order chi connectivity index (χ0) is 28.6. The Hall–Kier alpha value is -2.20. The Labute approximate surface area is 248 Å². The normalized spacial score (nSPS) is 35.0. The lowest BCUT2D eigenvalue weighted by molar-refractivity contribution is -0.0557. The lowest BCUT2D eigenvalue weighted by Crippen LogP contribution is -2.50. The molecule has 5 unspecified atom stereocenters. The van der Waals surface area contributed by atoms with Crippen molar-refractivity contribution in [3.8, 4) is 5.75 Å². The maximum Gasteiger partial charge on any atom is 0.141 e. The van der Waals surface area contributed by atoms with E-state index in [1.54, 1.807) is 17.8 Å². The van der Waals surface area contributed by atoms with E-state index in [0.29, 0.717) is 23.0 Å². The van der Waals surface area contributed by atoms with Crippen LogP contribution < -0.4 is 0 Å². The predicted molar refractivity (Wildman–Crippen MR) is 170 cm³/mol. The largest absolute Gasteiger partial charge is 0.506 e. The van der Waals surface area contributed by atoms with Crippen molar-refractivity contribution in [2.24, 2.45) is 45.4 Å². The van der Waals surface area contributed by atoms with Gasteiger partial charge in [-0.3, -0.25) is 9.98 Å². The summed E-state index contributed by atoms with van der Waals surface area (Å²) in [4.78, 5) is 8.97. The molecule has 3 fully saturated rings. The highest BCUT2D eigenvalue weighted by Crippen LogP contribution is 2.66. The first-order valence-corrected chi connectivity index (χ1v) is 16.7. The van der Waals surface area contributed by atoms with E-state index in [2.05, 4.69) is 43.7 Å². The molecule has 0 radical (unpaired) electrons. The number of nitrogens with zero attached hydrogens (tertiary/aromatic N) is 2. The molecule has 4 nitrogen and oxygen atoms in total. The van der Waals surface area contributed by atoms with Crippen molar-refractivity contribution < 1.29 is 9.84 Å². The van der Waals surface area contributed by atoms with Crippen LogP contribution in [0.25, 0.3) is 10.9 Å². The van der Waals surface area contributed by atoms with Crippen LogP contribution in [0.1, 0.15) is 105 Å². The van der Waals surface area contributed by atoms with Gasteiger partial charge < -0.3 is 9.84 Å². The molecule has 6 rings (SSSR count). The van der Waals surface area contributed by atoms with Crippen LogP contribution in [0.4, 0.5) is 5.69 Å². The molecule has 1 aromatic carbocycles. The molecule has 0 aliphatic heterocycles. The quantitative estimate of drug-likeness (QED) is 0.190. The van der Waals surface area contributed by atoms with Crippen LogP contribution in [0.3, 0.4) is 0 Å². The Morgan fingerprint density at radius 1 is 1.07 bits per heavy atom. The zero-order valence-corrected chi connectivity index (χ0v) is 25.9. The fourth-order valence-electron chi connectivity index (χ4n) is 9.87. The van der Waals surface area contributed by atoms with E-state index in [9.17, 15) is 5.11 Å². The lowest BCUT2D eigenvalue weighted by atomic mass is 9.47. The van der Waals surface area contributed by atoms with Crippen molar-refractivity contribution in [2.45, 2.75) is 111 Å². The monoisotopic (exact) mass is 556 g/mol. The third-order valence-electron chi connectivity index (χ3n) is 12.2. The van der Waals surface area contributed by atoms with Crippen molar-refractivity contribution in [3.63, 3.8) is 0 Å². The standard InChI is InChI=1S/C37H52N2O2/c1-25(2)8-5-6-9-26-12-14-31-29-13-11-27-24-28(17-19-37(27,4)32(29)18-20-36(26,31)3)41-23-22-38-33-15-16-34(40)35-30(33)10-7-21-39-35/h7,10-11,15-16,21-22,25-26,28-29,31-32,40H,5-6,8-9,12-14,17-20,23-24H2,1-4H3/b38-22+/t26-,28-,29?,31?,32?,36?,37?/m0/s1. The Balaban J connectivity index is 1.06. The number of phenols is 1. The maximum absolute atomic E-state index is 10.1. The number of ether oxygens (including phenoxy) is 1. The summed E-state index contributed by atoms with van der Waals surface area (Å²) in [5, 5.41) is 11.0. The Morgan fingerprint density at radius 3 is 2.80 bits per heavy atom. The average Bonchev–Trinajstić information content (AvgIpc) is 3.30. The third kappa shape index (κ3) is 5.51. The second kappa shape index (κ2) is 11.8. The summed E-state index contributed by atoms with van der Waals surface area (Å²) >= 11 is 0. The molecule has 41 heavy (non-hydrogen) atoms. The highest BCUT2D eigenvalue weighted by atomic mass is 16.5. The number of benzene rings is 1. The van der Waals surface area contributed by atoms with Gasteiger partial charge in [-0.2, -0.15) is 0 Å². The summed E-state index contributed by atoms with van der Waals surface area (Å²) in [7, 11) is 0. The summed E-state index contributed by atoms with van der Waals surface area (Å²) in [6.07, 6.45) is 22.9. The summed E-state index contributed by atoms with van der Waals surface area (Å²) in [5.41, 5.74) is 4.05. The minimum atomic E-state index is 0.191. The molecule has 4 heteroatoms. The summed E-state index contributed by atoms with van der Waals surface area (Å²) in [6, 6.07) is 7.35. The molecule has 0 spiro atoms. The highest BCUT2D eigenvalue weighted by Gasteiger charge is 2.58. The molecule has 1 aromatic heterocycles. The van der Waals surface area contributed by atoms with Crippen LogP contribution in [-0.2, 0) is 4.74 Å². The highest BCUT2D eigenvalue weighted by molar-refractivity contribution is 5.94. The number of aliphatic imine (C=N–C) groups is 1. The Kier molecular flexibility index (Phi) is 8.33. The summed E-state index contributed by atoms with van der Waals surface area (Å²) in [5.74, 6) is 4.68. The molecule has 2 aromatic rings. The van der Waals surface area contributed by atoms with Gasteiger partial charge in [0.1, 0.15) is 11.3 Å². The first-order chi connectivity index (χ1) is 19.8. The van der Waals surface area contributed by atoms with Crippen molar-refractivity contribution in [1.82, 2.24) is 4.98 Å². The Bertz CT molecular complexity index is 1280. The van der Waals surface area contributed by atoms with Crippen LogP contribution in [0, 0.1) is 40.4 Å². The number of hydrogen-bond acceptors (Lipinski definition) is 4. The number of fused-ring (bicyclic) bond motifs is 6. The van der Waals surface area contributed by atoms with Gasteiger partial charge in [-0.15, -0.1) is 0 Å². The van der Waals surface area contributed by atoms with Crippen LogP contribution in [0.2, 0.25) is 0 Å². The van der Waals surface area contributed by atoms with E-state index in [4.69, 9.17) is 4.74 Å². The topological polar surface area (TPSA) is 54.7 Å². The molecule has 3 saturated carbocycles. The molecule has 4 aliphatic carbocycles. The predicted octanol–water partition coefficient (Wildman–Crippen LogP) is 9.82. The number of rotatable bonds is 9. The number of allylic oxidation sites excluding steroid dienone is 1. The van der Waals surface area contributed by atoms with Crippen molar-refractivity contribution >= 4 is 22.8 Å². The molecular weight excluding hydrogens is 504 g/mol. The van der Waals surface area contributed by atoms with Gasteiger partial charge in [0.15, 0.2) is 0 Å². The van der Waals surface area contributed by atoms with Gasteiger partial charge in [0.05, 0.1) is 18.4 Å². The van der Waals surface area contributed by atoms with E-state index in [0.717, 1.165) is 53.5 Å². The second-order valence-corrected chi connectivity index (χ2v) is 14.8. The van der Waals surface area contributed by atoms with Crippen LogP contribution in [0.15, 0.2) is 47.1 Å². The van der Waals surface area contributed by atoms with Gasteiger partial charge >= 0.3 is 0 Å². The molecule has 1 N–H and O–H groups in total. The zero-order valence-electron chi connectivity index (χ0n) is 25.9. The van der Waals surface area contributed by atoms with Crippen molar-refractivity contribution in [1.29, 1.82) is 0 Å². The molecule has 1 heterocycles. The number of hydrogen-bond donors (Lipinski definition) is 1. The van der Waals surface area contributed by atoms with E-state index < -0.39 is 0 Å². The smallest absolute Gasteiger partial charge is 0.141 e. The van der Waals surface area contributed by atoms with Crippen molar-refractivity contribution in [3.05, 3.63) is 42.1 Å². The van der Waals surface area contributed by atoms with Crippen LogP contribution in [-0.4, -0.2) is 29.0 Å². The minimum absolute atomic E-state index is 0.191. The van der Waals surface area contributed by atoms with Gasteiger partial charge in [-0.05, 0) is 122 Å². The van der Waals surface area contributed by atoms with Crippen molar-refractivity contribution in [2.75, 3.05) is 6.61 Å². The number of unbranched alkanes of at least 4 members (excludes halogenated alkanes) is 1. The molecular formula is C37H52N2O2. The van der Waals surface area contributed by atoms with Gasteiger partial charge in [-0.25, -0.2) is 0 Å². The molecule has 0 amide bonds. The van der Waals surface area contributed by atoms with Crippen LogP contribution >= 0.6 is 0 Å². The number of aromatic nitrogens is 1. The fourth-order valence-corrected chi connectivity index (χ4v) is 9.87. The number of phenolic OH excluding ortho intramolecular Hbond substituents is 1. The van der Waals surface area contributed by atoms with Gasteiger partial charge in [0, 0.05) is 17.8 Å². The summed E-state index contributed by atoms with van der Waals surface area (Å²) in [6.45, 7) is 10.6. The number of pyridine rings is 1. The fraction of sp³-hybridized carbons (Fsp3) is 0.676. The molecule has 0 bridgehead atoms. The van der Waals surface area contributed by atoms with E-state index in [1.165, 1.54) is 64.2 Å². The maximum atomic E-state index is 10.1. The Morgan fingerprint density at radius 2 is 1.95 bits per heavy atom. The molecule has 222 valence electrons. The third-order valence-corrected chi connectivity index (χ3v) is 12.2. The first-order valence-electron chi connectivity index (χ1n) is 16.7. The van der Waals surface area contributed by atoms with Gasteiger partial charge in [0.2, 0.25) is 0 Å².